The molecule has 2 aromatic rings. The van der Waals surface area contributed by atoms with Crippen LogP contribution < -0.4 is 0 Å². The Kier molecular flexibility index (Phi) is 7.40. The Morgan fingerprint density at radius 2 is 2.03 bits per heavy atom. The van der Waals surface area contributed by atoms with Gasteiger partial charge in [-0.2, -0.15) is 0 Å². The van der Waals surface area contributed by atoms with Crippen LogP contribution in [0.3, 0.4) is 0 Å². The SMILES string of the molecule is CC(C)c1cc(CCC[C@@H]2[C@@H](C#Cc3ccccc3)[C@H](O)C[C@H]2Cl)sc1C(=O)O. The summed E-state index contributed by atoms with van der Waals surface area (Å²) in [5, 5.41) is 19.8. The molecule has 0 bridgehead atoms. The lowest BCUT2D eigenvalue weighted by Crippen LogP contribution is -2.19. The van der Waals surface area contributed by atoms with Gasteiger partial charge in [0.1, 0.15) is 4.88 Å². The Balaban J connectivity index is 1.65. The van der Waals surface area contributed by atoms with Gasteiger partial charge in [0.05, 0.1) is 12.0 Å². The lowest BCUT2D eigenvalue weighted by atomic mass is 9.90. The van der Waals surface area contributed by atoms with E-state index in [2.05, 4.69) is 11.8 Å². The van der Waals surface area contributed by atoms with E-state index < -0.39 is 12.1 Å². The number of aliphatic hydroxyl groups excluding tert-OH is 1. The Morgan fingerprint density at radius 1 is 1.31 bits per heavy atom. The fraction of sp³-hybridized carbons (Fsp3) is 0.458. The van der Waals surface area contributed by atoms with E-state index in [0.29, 0.717) is 11.3 Å². The quantitative estimate of drug-likeness (QED) is 0.466. The summed E-state index contributed by atoms with van der Waals surface area (Å²) < 4.78 is 0. The summed E-state index contributed by atoms with van der Waals surface area (Å²) >= 11 is 7.92. The van der Waals surface area contributed by atoms with E-state index in [0.717, 1.165) is 35.3 Å². The lowest BCUT2D eigenvalue weighted by molar-refractivity contribution is 0.0700. The zero-order valence-corrected chi connectivity index (χ0v) is 18.3. The van der Waals surface area contributed by atoms with Gasteiger partial charge in [-0.05, 0) is 61.3 Å². The maximum Gasteiger partial charge on any atom is 0.346 e. The van der Waals surface area contributed by atoms with Crippen LogP contribution >= 0.6 is 22.9 Å². The van der Waals surface area contributed by atoms with Crippen molar-refractivity contribution in [2.45, 2.75) is 56.9 Å². The van der Waals surface area contributed by atoms with Crippen LogP contribution in [0.1, 0.15) is 64.7 Å². The fourth-order valence-corrected chi connectivity index (χ4v) is 5.66. The van der Waals surface area contributed by atoms with Gasteiger partial charge < -0.3 is 10.2 Å². The molecule has 3 rings (SSSR count). The van der Waals surface area contributed by atoms with Crippen molar-refractivity contribution in [3.63, 3.8) is 0 Å². The standard InChI is InChI=1S/C24H27ClO3S/c1-15(2)20-13-17(29-23(20)24(27)28)9-6-10-18-19(22(26)14-21(18)25)12-11-16-7-4-3-5-8-16/h3-5,7-8,13,15,18-19,21-22,26H,6,9-10,14H2,1-2H3,(H,27,28)/t18-,19-,21-,22-/m1/s1. The number of aryl methyl sites for hydroxylation is 1. The van der Waals surface area contributed by atoms with Crippen molar-refractivity contribution in [2.75, 3.05) is 0 Å². The van der Waals surface area contributed by atoms with Crippen LogP contribution in [0.4, 0.5) is 0 Å². The molecule has 1 fully saturated rings. The summed E-state index contributed by atoms with van der Waals surface area (Å²) in [4.78, 5) is 13.0. The highest BCUT2D eigenvalue weighted by molar-refractivity contribution is 7.14. The van der Waals surface area contributed by atoms with Crippen LogP contribution in [0.5, 0.6) is 0 Å². The molecule has 2 N–H and O–H groups in total. The Labute approximate surface area is 181 Å². The number of hydrogen-bond donors (Lipinski definition) is 2. The van der Waals surface area contributed by atoms with E-state index in [1.165, 1.54) is 11.3 Å². The topological polar surface area (TPSA) is 57.5 Å². The van der Waals surface area contributed by atoms with E-state index in [9.17, 15) is 15.0 Å². The second kappa shape index (κ2) is 9.80. The van der Waals surface area contributed by atoms with Crippen molar-refractivity contribution in [3.05, 3.63) is 57.3 Å². The maximum atomic E-state index is 11.5. The molecule has 4 atom stereocenters. The molecule has 5 heteroatoms. The summed E-state index contributed by atoms with van der Waals surface area (Å²) in [6, 6.07) is 11.8. The number of aliphatic hydroxyl groups is 1. The molecular weight excluding hydrogens is 404 g/mol. The monoisotopic (exact) mass is 430 g/mol. The van der Waals surface area contributed by atoms with Gasteiger partial charge in [-0.15, -0.1) is 22.9 Å². The van der Waals surface area contributed by atoms with Crippen molar-refractivity contribution >= 4 is 28.9 Å². The summed E-state index contributed by atoms with van der Waals surface area (Å²) in [5.41, 5.74) is 1.85. The molecule has 1 aliphatic carbocycles. The Bertz CT molecular complexity index is 894. The molecule has 0 aliphatic heterocycles. The number of rotatable bonds is 6. The van der Waals surface area contributed by atoms with Crippen LogP contribution in [-0.4, -0.2) is 27.7 Å². The van der Waals surface area contributed by atoms with E-state index in [1.54, 1.807) is 0 Å². The van der Waals surface area contributed by atoms with Crippen molar-refractivity contribution in [3.8, 4) is 11.8 Å². The zero-order valence-electron chi connectivity index (χ0n) is 16.8. The number of hydrogen-bond acceptors (Lipinski definition) is 3. The van der Waals surface area contributed by atoms with E-state index in [4.69, 9.17) is 11.6 Å². The molecule has 1 saturated carbocycles. The molecular formula is C24H27ClO3S. The number of aromatic carboxylic acids is 1. The fourth-order valence-electron chi connectivity index (χ4n) is 4.00. The van der Waals surface area contributed by atoms with Gasteiger partial charge in [-0.3, -0.25) is 0 Å². The van der Waals surface area contributed by atoms with Crippen molar-refractivity contribution in [2.24, 2.45) is 11.8 Å². The van der Waals surface area contributed by atoms with Gasteiger partial charge in [-0.25, -0.2) is 4.79 Å². The predicted molar refractivity (Wildman–Crippen MR) is 119 cm³/mol. The first-order valence-electron chi connectivity index (χ1n) is 10.1. The minimum absolute atomic E-state index is 0.0794. The third-order valence-electron chi connectivity index (χ3n) is 5.55. The van der Waals surface area contributed by atoms with Crippen molar-refractivity contribution in [1.82, 2.24) is 0 Å². The number of halogens is 1. The van der Waals surface area contributed by atoms with Gasteiger partial charge in [-0.1, -0.05) is 43.9 Å². The summed E-state index contributed by atoms with van der Waals surface area (Å²) in [7, 11) is 0. The molecule has 0 spiro atoms. The number of carboxylic acids is 1. The molecule has 1 heterocycles. The molecule has 1 aromatic carbocycles. The molecule has 0 amide bonds. The Hall–Kier alpha value is -1.80. The second-order valence-electron chi connectivity index (χ2n) is 7.99. The minimum Gasteiger partial charge on any atom is -0.477 e. The average Bonchev–Trinajstić information content (AvgIpc) is 3.23. The molecule has 1 aliphatic rings. The smallest absolute Gasteiger partial charge is 0.346 e. The predicted octanol–water partition coefficient (Wildman–Crippen LogP) is 5.55. The summed E-state index contributed by atoms with van der Waals surface area (Å²) in [6.07, 6.45) is 2.68. The first kappa shape index (κ1) is 21.9. The lowest BCUT2D eigenvalue weighted by Gasteiger charge is -2.18. The van der Waals surface area contributed by atoms with Gasteiger partial charge in [0, 0.05) is 15.8 Å². The van der Waals surface area contributed by atoms with E-state index >= 15 is 0 Å². The highest BCUT2D eigenvalue weighted by Gasteiger charge is 2.40. The second-order valence-corrected chi connectivity index (χ2v) is 9.69. The first-order valence-corrected chi connectivity index (χ1v) is 11.4. The highest BCUT2D eigenvalue weighted by atomic mass is 35.5. The maximum absolute atomic E-state index is 11.5. The largest absolute Gasteiger partial charge is 0.477 e. The van der Waals surface area contributed by atoms with Gasteiger partial charge in [0.2, 0.25) is 0 Å². The number of alkyl halides is 1. The average molecular weight is 431 g/mol. The zero-order chi connectivity index (χ0) is 21.0. The molecule has 154 valence electrons. The number of carbonyl (C=O) groups is 1. The van der Waals surface area contributed by atoms with E-state index in [1.807, 2.05) is 50.2 Å². The summed E-state index contributed by atoms with van der Waals surface area (Å²) in [5.74, 6) is 5.81. The van der Waals surface area contributed by atoms with Crippen LogP contribution in [0.25, 0.3) is 0 Å². The molecule has 3 nitrogen and oxygen atoms in total. The van der Waals surface area contributed by atoms with Crippen molar-refractivity contribution < 1.29 is 15.0 Å². The van der Waals surface area contributed by atoms with Crippen LogP contribution in [-0.2, 0) is 6.42 Å². The van der Waals surface area contributed by atoms with Crippen LogP contribution in [0.2, 0.25) is 0 Å². The van der Waals surface area contributed by atoms with Crippen LogP contribution in [0.15, 0.2) is 36.4 Å². The van der Waals surface area contributed by atoms with Gasteiger partial charge >= 0.3 is 5.97 Å². The third-order valence-corrected chi connectivity index (χ3v) is 7.25. The van der Waals surface area contributed by atoms with E-state index in [-0.39, 0.29) is 23.1 Å². The summed E-state index contributed by atoms with van der Waals surface area (Å²) in [6.45, 7) is 4.04. The first-order chi connectivity index (χ1) is 13.9. The number of thiophene rings is 1. The molecule has 1 aromatic heterocycles. The molecule has 29 heavy (non-hydrogen) atoms. The van der Waals surface area contributed by atoms with Crippen molar-refractivity contribution in [1.29, 1.82) is 0 Å². The normalized spacial score (nSPS) is 23.8. The number of benzene rings is 1. The Morgan fingerprint density at radius 3 is 2.66 bits per heavy atom. The molecule has 0 unspecified atom stereocenters. The van der Waals surface area contributed by atoms with Gasteiger partial charge in [0.15, 0.2) is 0 Å². The third kappa shape index (κ3) is 5.42. The number of carboxylic acid groups (broad SMARTS) is 1. The molecule has 0 saturated heterocycles. The van der Waals surface area contributed by atoms with Crippen LogP contribution in [0, 0.1) is 23.7 Å². The minimum atomic E-state index is -0.846. The highest BCUT2D eigenvalue weighted by Crippen LogP contribution is 2.39. The van der Waals surface area contributed by atoms with Gasteiger partial charge in [0.25, 0.3) is 0 Å². The molecule has 0 radical (unpaired) electrons.